The average molecular weight is 316 g/mol. The fourth-order valence-corrected chi connectivity index (χ4v) is 0.333. The third-order valence-electron chi connectivity index (χ3n) is 0.891. The molecule has 0 aliphatic heterocycles. The molecule has 0 aliphatic carbocycles. The minimum absolute atomic E-state index is 0. The second-order valence-corrected chi connectivity index (χ2v) is 1.96. The second kappa shape index (κ2) is 29.2. The van der Waals surface area contributed by atoms with Crippen molar-refractivity contribution in [2.45, 2.75) is 39.5 Å². The Balaban J connectivity index is -0.0000000457. The van der Waals surface area contributed by atoms with Crippen molar-refractivity contribution < 1.29 is 95.7 Å². The van der Waals surface area contributed by atoms with Gasteiger partial charge in [0.25, 0.3) is 0 Å². The molecule has 1 nitrogen and oxygen atoms in total. The first-order valence-electron chi connectivity index (χ1n) is 3.75. The van der Waals surface area contributed by atoms with Crippen LogP contribution in [0.3, 0.4) is 0 Å². The summed E-state index contributed by atoms with van der Waals surface area (Å²) in [5.41, 5.74) is 0. The molecular formula is C9H17ORbY-2. The molecule has 1 radical (unpaired) electrons. The summed E-state index contributed by atoms with van der Waals surface area (Å²) in [6, 6.07) is 0. The van der Waals surface area contributed by atoms with E-state index in [0.29, 0.717) is 6.42 Å². The van der Waals surface area contributed by atoms with Crippen molar-refractivity contribution in [1.82, 2.24) is 0 Å². The Hall–Kier alpha value is 2.58. The van der Waals surface area contributed by atoms with Crippen LogP contribution in [0.1, 0.15) is 39.5 Å². The Morgan fingerprint density at radius 1 is 1.50 bits per heavy atom. The molecule has 0 aromatic rings. The van der Waals surface area contributed by atoms with Gasteiger partial charge in [-0.1, -0.05) is 19.8 Å². The zero-order valence-electron chi connectivity index (χ0n) is 8.60. The molecule has 0 fully saturated rings. The van der Waals surface area contributed by atoms with Gasteiger partial charge < -0.3 is 18.1 Å². The third kappa shape index (κ3) is 39.0. The van der Waals surface area contributed by atoms with E-state index in [1.54, 1.807) is 12.7 Å². The number of hydrogen-bond acceptors (Lipinski definition) is 1. The Kier molecular flexibility index (Phi) is 58.4. The monoisotopic (exact) mass is 315 g/mol. The number of rotatable bonds is 4. The quantitative estimate of drug-likeness (QED) is 0.653. The molecule has 0 saturated carbocycles. The maximum atomic E-state index is 9.25. The molecule has 0 aromatic heterocycles. The predicted molar refractivity (Wildman–Crippen MR) is 45.2 cm³/mol. The summed E-state index contributed by atoms with van der Waals surface area (Å²) in [6.07, 6.45) is 7.58. The van der Waals surface area contributed by atoms with Gasteiger partial charge in [-0.05, 0) is 0 Å². The number of unbranched alkanes of at least 4 members (excludes halogenated alkanes) is 3. The van der Waals surface area contributed by atoms with Gasteiger partial charge in [-0.2, -0.15) is 13.3 Å². The van der Waals surface area contributed by atoms with Crippen LogP contribution in [0.2, 0.25) is 0 Å². The summed E-state index contributed by atoms with van der Waals surface area (Å²) in [7, 11) is 0. The van der Waals surface area contributed by atoms with E-state index in [4.69, 9.17) is 0 Å². The van der Waals surface area contributed by atoms with Crippen LogP contribution in [0.15, 0.2) is 0 Å². The Labute approximate surface area is 152 Å². The van der Waals surface area contributed by atoms with E-state index in [1.807, 2.05) is 6.92 Å². The summed E-state index contributed by atoms with van der Waals surface area (Å²) in [5.74, 6) is 0. The molecule has 0 spiro atoms. The van der Waals surface area contributed by atoms with Crippen LogP contribution >= 0.6 is 0 Å². The van der Waals surface area contributed by atoms with E-state index >= 15 is 0 Å². The van der Waals surface area contributed by atoms with Crippen LogP contribution in [-0.4, -0.2) is 6.29 Å². The van der Waals surface area contributed by atoms with Crippen LogP contribution in [0.5, 0.6) is 0 Å². The van der Waals surface area contributed by atoms with Gasteiger partial charge in [0, 0.05) is 32.7 Å². The van der Waals surface area contributed by atoms with Crippen molar-refractivity contribution in [3.63, 3.8) is 0 Å². The van der Waals surface area contributed by atoms with Crippen molar-refractivity contribution in [3.05, 3.63) is 13.3 Å². The van der Waals surface area contributed by atoms with Crippen molar-refractivity contribution in [2.24, 2.45) is 0 Å². The van der Waals surface area contributed by atoms with Crippen LogP contribution < -0.4 is 58.2 Å². The van der Waals surface area contributed by atoms with E-state index in [2.05, 4.69) is 13.8 Å². The second-order valence-electron chi connectivity index (χ2n) is 1.96. The van der Waals surface area contributed by atoms with Gasteiger partial charge in [-0.25, -0.2) is 0 Å². The van der Waals surface area contributed by atoms with Crippen LogP contribution in [0.25, 0.3) is 0 Å². The standard InChI is InChI=1S/C5H11.C4H6O.Rb.Y/c1-3-5-4-2;1-2-3-4-5;;/h1,3-5H2,2H3;2H,3H2,1H3;;/q-1;-2;+1;. The predicted octanol–water partition coefficient (Wildman–Crippen LogP) is -0.277. The maximum absolute atomic E-state index is 9.25. The van der Waals surface area contributed by atoms with E-state index in [-0.39, 0.29) is 90.9 Å². The molecule has 0 amide bonds. The van der Waals surface area contributed by atoms with Crippen molar-refractivity contribution in [2.75, 3.05) is 0 Å². The molecule has 0 N–H and O–H groups in total. The van der Waals surface area contributed by atoms with Gasteiger partial charge in [-0.3, -0.25) is 12.7 Å². The minimum atomic E-state index is 0. The molecular weight excluding hydrogens is 298 g/mol. The van der Waals surface area contributed by atoms with Crippen molar-refractivity contribution in [1.29, 1.82) is 0 Å². The molecule has 3 heteroatoms. The largest absolute Gasteiger partial charge is 1.00 e. The van der Waals surface area contributed by atoms with Gasteiger partial charge in [0.05, 0.1) is 0 Å². The molecule has 12 heavy (non-hydrogen) atoms. The van der Waals surface area contributed by atoms with Gasteiger partial charge in [0.1, 0.15) is 0 Å². The van der Waals surface area contributed by atoms with E-state index in [9.17, 15) is 4.79 Å². The molecule has 65 valence electrons. The Bertz CT molecular complexity index is 58.5. The SMILES string of the molecule is C[CH-]C[C-]=O.[CH2-]CCCC.[Rb+].[Y]. The Morgan fingerprint density at radius 3 is 2.00 bits per heavy atom. The summed E-state index contributed by atoms with van der Waals surface area (Å²) >= 11 is 0. The summed E-state index contributed by atoms with van der Waals surface area (Å²) in [6.45, 7) is 7.67. The molecule has 0 bridgehead atoms. The topological polar surface area (TPSA) is 17.1 Å². The molecule has 0 heterocycles. The first-order chi connectivity index (χ1) is 4.83. The van der Waals surface area contributed by atoms with Gasteiger partial charge in [0.15, 0.2) is 0 Å². The van der Waals surface area contributed by atoms with E-state index in [1.165, 1.54) is 12.8 Å². The normalized spacial score (nSPS) is 6.58. The molecule has 0 saturated heterocycles. The summed E-state index contributed by atoms with van der Waals surface area (Å²) in [5, 5.41) is 0. The first-order valence-corrected chi connectivity index (χ1v) is 3.75. The van der Waals surface area contributed by atoms with Gasteiger partial charge in [0.2, 0.25) is 0 Å². The van der Waals surface area contributed by atoms with Crippen LogP contribution in [-0.2, 0) is 37.5 Å². The van der Waals surface area contributed by atoms with Gasteiger partial charge >= 0.3 is 58.2 Å². The molecule has 0 aliphatic rings. The minimum Gasteiger partial charge on any atom is -0.544 e. The molecule has 0 rings (SSSR count). The molecule has 0 atom stereocenters. The number of carbonyl (C=O) groups excluding carboxylic acids is 1. The number of hydrogen-bond donors (Lipinski definition) is 0. The zero-order chi connectivity index (χ0) is 8.24. The third-order valence-corrected chi connectivity index (χ3v) is 0.891. The van der Waals surface area contributed by atoms with Crippen LogP contribution in [0.4, 0.5) is 0 Å². The Morgan fingerprint density at radius 2 is 2.00 bits per heavy atom. The average Bonchev–Trinajstić information content (AvgIpc) is 1.93. The maximum Gasteiger partial charge on any atom is 1.00 e. The van der Waals surface area contributed by atoms with Crippen molar-refractivity contribution in [3.8, 4) is 0 Å². The fraction of sp³-hybridized carbons (Fsp3) is 0.667. The van der Waals surface area contributed by atoms with Gasteiger partial charge in [-0.15, -0.1) is 0 Å². The zero-order valence-corrected chi connectivity index (χ0v) is 16.4. The van der Waals surface area contributed by atoms with E-state index in [0.717, 1.165) is 6.42 Å². The smallest absolute Gasteiger partial charge is 0.544 e. The summed E-state index contributed by atoms with van der Waals surface area (Å²) < 4.78 is 0. The van der Waals surface area contributed by atoms with Crippen LogP contribution in [0, 0.1) is 13.3 Å². The molecule has 0 aromatic carbocycles. The molecule has 0 unspecified atom stereocenters. The summed E-state index contributed by atoms with van der Waals surface area (Å²) in [4.78, 5) is 9.25. The van der Waals surface area contributed by atoms with E-state index < -0.39 is 0 Å². The first kappa shape index (κ1) is 24.0. The fourth-order valence-electron chi connectivity index (χ4n) is 0.333. The van der Waals surface area contributed by atoms with Crippen molar-refractivity contribution >= 4 is 6.29 Å².